The summed E-state index contributed by atoms with van der Waals surface area (Å²) in [7, 11) is 0. The first-order valence-corrected chi connectivity index (χ1v) is 19.6. The number of phenolic OH excluding ortho intramolecular Hbond substituents is 1. The van der Waals surface area contributed by atoms with Gasteiger partial charge in [-0.1, -0.05) is 175 Å². The second-order valence-electron chi connectivity index (χ2n) is 13.5. The Labute approximate surface area is 270 Å². The van der Waals surface area contributed by atoms with Gasteiger partial charge in [-0.15, -0.1) is 12.6 Å². The Bertz CT molecular complexity index is 703. The van der Waals surface area contributed by atoms with Crippen molar-refractivity contribution < 1.29 is 5.11 Å². The van der Waals surface area contributed by atoms with Gasteiger partial charge in [0, 0.05) is 10.5 Å². The summed E-state index contributed by atoms with van der Waals surface area (Å²) in [6.45, 7) is 9.15. The average Bonchev–Trinajstić information content (AvgIpc) is 2.99. The lowest BCUT2D eigenvalue weighted by molar-refractivity contribution is 0.452. The third-order valence-electron chi connectivity index (χ3n) is 9.64. The molecule has 0 amide bonds. The molecule has 0 radical (unpaired) electrons. The number of benzene rings is 1. The van der Waals surface area contributed by atoms with Gasteiger partial charge in [0.25, 0.3) is 0 Å². The van der Waals surface area contributed by atoms with Gasteiger partial charge in [0.2, 0.25) is 0 Å². The molecule has 0 heterocycles. The molecule has 0 unspecified atom stereocenters. The molecular formula is C40H74OS. The van der Waals surface area contributed by atoms with Crippen molar-refractivity contribution in [2.45, 2.75) is 225 Å². The predicted molar refractivity (Wildman–Crippen MR) is 193 cm³/mol. The zero-order valence-electron chi connectivity index (χ0n) is 29.1. The fourth-order valence-corrected chi connectivity index (χ4v) is 7.20. The van der Waals surface area contributed by atoms with Crippen molar-refractivity contribution in [2.75, 3.05) is 0 Å². The van der Waals surface area contributed by atoms with Crippen molar-refractivity contribution in [1.29, 1.82) is 0 Å². The van der Waals surface area contributed by atoms with E-state index in [2.05, 4.69) is 27.7 Å². The molecule has 1 N–H and O–H groups in total. The van der Waals surface area contributed by atoms with Gasteiger partial charge >= 0.3 is 0 Å². The van der Waals surface area contributed by atoms with Crippen LogP contribution in [-0.4, -0.2) is 5.11 Å². The van der Waals surface area contributed by atoms with E-state index in [1.807, 2.05) is 0 Å². The Kier molecular flexibility index (Phi) is 26.2. The van der Waals surface area contributed by atoms with Crippen molar-refractivity contribution in [3.63, 3.8) is 0 Å². The first-order chi connectivity index (χ1) is 20.6. The lowest BCUT2D eigenvalue weighted by Gasteiger charge is -2.21. The molecule has 0 aromatic heterocycles. The Balaban J connectivity index is 2.65. The Morgan fingerprint density at radius 3 is 0.976 bits per heavy atom. The fraction of sp³-hybridized carbons (Fsp3) is 0.850. The SMILES string of the molecule is CCCCCCCCCCCCc1c(C)c(CCCCCCCCC)c(S)c(CCCCCCCCCCCC)c1O. The minimum Gasteiger partial charge on any atom is -0.507 e. The number of hydrogen-bond acceptors (Lipinski definition) is 2. The molecule has 0 aliphatic heterocycles. The summed E-state index contributed by atoms with van der Waals surface area (Å²) >= 11 is 5.09. The summed E-state index contributed by atoms with van der Waals surface area (Å²) in [6.07, 6.45) is 39.6. The Morgan fingerprint density at radius 2 is 0.643 bits per heavy atom. The Morgan fingerprint density at radius 1 is 0.381 bits per heavy atom. The molecule has 1 rings (SSSR count). The van der Waals surface area contributed by atoms with Crippen LogP contribution in [0.4, 0.5) is 0 Å². The number of hydrogen-bond donors (Lipinski definition) is 2. The third-order valence-corrected chi connectivity index (χ3v) is 10.2. The van der Waals surface area contributed by atoms with Crippen LogP contribution in [-0.2, 0) is 19.3 Å². The molecule has 0 saturated heterocycles. The molecule has 1 aromatic carbocycles. The number of phenols is 1. The second-order valence-corrected chi connectivity index (χ2v) is 13.9. The van der Waals surface area contributed by atoms with Crippen molar-refractivity contribution in [3.8, 4) is 5.75 Å². The maximum Gasteiger partial charge on any atom is 0.123 e. The highest BCUT2D eigenvalue weighted by Gasteiger charge is 2.19. The molecule has 0 spiro atoms. The number of aromatic hydroxyl groups is 1. The highest BCUT2D eigenvalue weighted by molar-refractivity contribution is 7.80. The van der Waals surface area contributed by atoms with Crippen LogP contribution in [0.1, 0.15) is 216 Å². The quantitative estimate of drug-likeness (QED) is 0.0663. The Hall–Kier alpha value is -0.630. The van der Waals surface area contributed by atoms with Crippen LogP contribution >= 0.6 is 12.6 Å². The van der Waals surface area contributed by atoms with E-state index in [1.165, 1.54) is 190 Å². The maximum absolute atomic E-state index is 11.5. The van der Waals surface area contributed by atoms with Crippen molar-refractivity contribution in [3.05, 3.63) is 22.3 Å². The molecule has 42 heavy (non-hydrogen) atoms. The zero-order chi connectivity index (χ0) is 30.7. The molecule has 1 nitrogen and oxygen atoms in total. The van der Waals surface area contributed by atoms with E-state index in [4.69, 9.17) is 12.6 Å². The largest absolute Gasteiger partial charge is 0.507 e. The fourth-order valence-electron chi connectivity index (χ4n) is 6.70. The van der Waals surface area contributed by atoms with E-state index in [0.29, 0.717) is 5.75 Å². The maximum atomic E-state index is 11.5. The predicted octanol–water partition coefficient (Wildman–Crippen LogP) is 14.2. The van der Waals surface area contributed by atoms with Crippen LogP contribution in [0.25, 0.3) is 0 Å². The molecule has 0 aliphatic carbocycles. The van der Waals surface area contributed by atoms with Gasteiger partial charge in [0.15, 0.2) is 0 Å². The lowest BCUT2D eigenvalue weighted by atomic mass is 9.89. The monoisotopic (exact) mass is 603 g/mol. The second kappa shape index (κ2) is 27.9. The number of rotatable bonds is 30. The smallest absolute Gasteiger partial charge is 0.123 e. The first kappa shape index (κ1) is 39.4. The van der Waals surface area contributed by atoms with Crippen LogP contribution in [0, 0.1) is 6.92 Å². The molecule has 0 fully saturated rings. The molecule has 0 aliphatic rings. The van der Waals surface area contributed by atoms with Crippen LogP contribution in [0.3, 0.4) is 0 Å². The van der Waals surface area contributed by atoms with Gasteiger partial charge in [-0.25, -0.2) is 0 Å². The highest BCUT2D eigenvalue weighted by Crippen LogP contribution is 2.38. The van der Waals surface area contributed by atoms with E-state index in [1.54, 1.807) is 0 Å². The minimum absolute atomic E-state index is 0.590. The van der Waals surface area contributed by atoms with E-state index in [0.717, 1.165) is 29.7 Å². The summed E-state index contributed by atoms with van der Waals surface area (Å²) in [6, 6.07) is 0. The highest BCUT2D eigenvalue weighted by atomic mass is 32.1. The molecule has 0 saturated carbocycles. The van der Waals surface area contributed by atoms with Gasteiger partial charge in [-0.05, 0) is 62.1 Å². The summed E-state index contributed by atoms with van der Waals surface area (Å²) in [5.41, 5.74) is 5.18. The number of unbranched alkanes of at least 4 members (excludes halogenated alkanes) is 24. The molecular weight excluding hydrogens is 529 g/mol. The van der Waals surface area contributed by atoms with Crippen molar-refractivity contribution in [2.24, 2.45) is 0 Å². The van der Waals surface area contributed by atoms with E-state index < -0.39 is 0 Å². The molecule has 246 valence electrons. The molecule has 0 atom stereocenters. The van der Waals surface area contributed by atoms with Crippen LogP contribution < -0.4 is 0 Å². The summed E-state index contributed by atoms with van der Waals surface area (Å²) in [4.78, 5) is 1.11. The van der Waals surface area contributed by atoms with Crippen molar-refractivity contribution in [1.82, 2.24) is 0 Å². The van der Waals surface area contributed by atoms with Gasteiger partial charge < -0.3 is 5.11 Å². The first-order valence-electron chi connectivity index (χ1n) is 19.1. The average molecular weight is 603 g/mol. The van der Waals surface area contributed by atoms with Gasteiger partial charge in [0.1, 0.15) is 5.75 Å². The topological polar surface area (TPSA) is 20.2 Å². The van der Waals surface area contributed by atoms with Crippen molar-refractivity contribution >= 4 is 12.6 Å². The van der Waals surface area contributed by atoms with Gasteiger partial charge in [0.05, 0.1) is 0 Å². The summed E-state index contributed by atoms with van der Waals surface area (Å²) in [5, 5.41) is 11.5. The lowest BCUT2D eigenvalue weighted by Crippen LogP contribution is -2.04. The normalized spacial score (nSPS) is 11.5. The van der Waals surface area contributed by atoms with Gasteiger partial charge in [-0.2, -0.15) is 0 Å². The third kappa shape index (κ3) is 18.2. The molecule has 2 heteroatoms. The minimum atomic E-state index is 0.590. The molecule has 0 bridgehead atoms. The van der Waals surface area contributed by atoms with E-state index in [-0.39, 0.29) is 0 Å². The standard InChI is InChI=1S/C40H74OS/c1-5-8-11-14-17-19-21-24-26-29-32-36-35(4)37(33-30-27-23-16-13-10-7-3)40(42)38(39(36)41)34-31-28-25-22-20-18-15-12-9-6-2/h41-42H,5-34H2,1-4H3. The van der Waals surface area contributed by atoms with Crippen LogP contribution in [0.2, 0.25) is 0 Å². The summed E-state index contributed by atoms with van der Waals surface area (Å²) < 4.78 is 0. The number of thiol groups is 1. The van der Waals surface area contributed by atoms with Crippen LogP contribution in [0.15, 0.2) is 4.90 Å². The zero-order valence-corrected chi connectivity index (χ0v) is 30.0. The van der Waals surface area contributed by atoms with Crippen LogP contribution in [0.5, 0.6) is 5.75 Å². The van der Waals surface area contributed by atoms with E-state index >= 15 is 0 Å². The molecule has 1 aromatic rings. The van der Waals surface area contributed by atoms with Gasteiger partial charge in [-0.3, -0.25) is 0 Å². The summed E-state index contributed by atoms with van der Waals surface area (Å²) in [5.74, 6) is 0.590. The van der Waals surface area contributed by atoms with E-state index in [9.17, 15) is 5.11 Å².